The van der Waals surface area contributed by atoms with Gasteiger partial charge in [-0.15, -0.1) is 5.10 Å². The molecule has 0 saturated heterocycles. The predicted octanol–water partition coefficient (Wildman–Crippen LogP) is 2.91. The van der Waals surface area contributed by atoms with Crippen molar-refractivity contribution < 1.29 is 0 Å². The molecule has 0 aliphatic heterocycles. The number of nitrogens with zero attached hydrogens (tertiary/aromatic N) is 2. The highest BCUT2D eigenvalue weighted by Crippen LogP contribution is 2.16. The highest BCUT2D eigenvalue weighted by Gasteiger charge is 1.96. The van der Waals surface area contributed by atoms with Crippen molar-refractivity contribution in [2.24, 2.45) is 0 Å². The van der Waals surface area contributed by atoms with E-state index in [-0.39, 0.29) is 0 Å². The van der Waals surface area contributed by atoms with Gasteiger partial charge in [0.05, 0.1) is 12.2 Å². The number of benzene rings is 1. The number of aromatic nitrogens is 2. The van der Waals surface area contributed by atoms with Gasteiger partial charge in [-0.3, -0.25) is 0 Å². The SMILES string of the molecule is Brc1cccc(NCc2csnn2)c1. The van der Waals surface area contributed by atoms with E-state index in [0.29, 0.717) is 6.54 Å². The lowest BCUT2D eigenvalue weighted by Gasteiger charge is -2.03. The van der Waals surface area contributed by atoms with Crippen LogP contribution in [0.3, 0.4) is 0 Å². The summed E-state index contributed by atoms with van der Waals surface area (Å²) in [5, 5.41) is 9.15. The molecule has 1 aromatic heterocycles. The van der Waals surface area contributed by atoms with Crippen molar-refractivity contribution in [2.75, 3.05) is 5.32 Å². The first-order chi connectivity index (χ1) is 6.84. The molecule has 0 aliphatic carbocycles. The average molecular weight is 270 g/mol. The Morgan fingerprint density at radius 1 is 1.43 bits per heavy atom. The summed E-state index contributed by atoms with van der Waals surface area (Å²) in [6, 6.07) is 8.03. The standard InChI is InChI=1S/C9H8BrN3S/c10-7-2-1-3-8(4-7)11-5-9-6-14-13-12-9/h1-4,6,11H,5H2. The zero-order valence-corrected chi connectivity index (χ0v) is 9.68. The van der Waals surface area contributed by atoms with Crippen molar-refractivity contribution in [1.29, 1.82) is 0 Å². The van der Waals surface area contributed by atoms with Crippen LogP contribution in [0.1, 0.15) is 5.69 Å². The molecule has 5 heteroatoms. The Morgan fingerprint density at radius 2 is 2.36 bits per heavy atom. The molecule has 0 spiro atoms. The Bertz CT molecular complexity index is 402. The maximum atomic E-state index is 3.95. The van der Waals surface area contributed by atoms with Crippen LogP contribution in [0.15, 0.2) is 34.1 Å². The lowest BCUT2D eigenvalue weighted by atomic mass is 10.3. The normalized spacial score (nSPS) is 10.1. The van der Waals surface area contributed by atoms with Crippen molar-refractivity contribution in [1.82, 2.24) is 9.59 Å². The number of anilines is 1. The molecule has 2 rings (SSSR count). The number of nitrogens with one attached hydrogen (secondary N) is 1. The largest absolute Gasteiger partial charge is 0.379 e. The fourth-order valence-corrected chi connectivity index (χ4v) is 1.90. The molecule has 3 nitrogen and oxygen atoms in total. The number of hydrogen-bond acceptors (Lipinski definition) is 4. The van der Waals surface area contributed by atoms with E-state index in [1.807, 2.05) is 29.6 Å². The van der Waals surface area contributed by atoms with Gasteiger partial charge in [-0.2, -0.15) is 0 Å². The van der Waals surface area contributed by atoms with Crippen molar-refractivity contribution in [3.63, 3.8) is 0 Å². The van der Waals surface area contributed by atoms with Gasteiger partial charge in [-0.1, -0.05) is 26.5 Å². The molecule has 1 heterocycles. The van der Waals surface area contributed by atoms with E-state index in [1.165, 1.54) is 11.5 Å². The predicted molar refractivity (Wildman–Crippen MR) is 61.4 cm³/mol. The summed E-state index contributed by atoms with van der Waals surface area (Å²) in [5.41, 5.74) is 2.04. The Kier molecular flexibility index (Phi) is 3.10. The molecule has 0 unspecified atom stereocenters. The van der Waals surface area contributed by atoms with E-state index in [0.717, 1.165) is 15.9 Å². The first-order valence-corrected chi connectivity index (χ1v) is 5.73. The third-order valence-electron chi connectivity index (χ3n) is 1.70. The van der Waals surface area contributed by atoms with Crippen LogP contribution in [0.25, 0.3) is 0 Å². The molecule has 0 atom stereocenters. The van der Waals surface area contributed by atoms with E-state index in [9.17, 15) is 0 Å². The second-order valence-electron chi connectivity index (χ2n) is 2.76. The summed E-state index contributed by atoms with van der Waals surface area (Å²) in [6.07, 6.45) is 0. The summed E-state index contributed by atoms with van der Waals surface area (Å²) >= 11 is 4.78. The van der Waals surface area contributed by atoms with E-state index in [1.54, 1.807) is 0 Å². The molecule has 1 N–H and O–H groups in total. The van der Waals surface area contributed by atoms with Gasteiger partial charge in [-0.05, 0) is 29.7 Å². The molecule has 0 amide bonds. The van der Waals surface area contributed by atoms with Gasteiger partial charge in [0, 0.05) is 15.5 Å². The summed E-state index contributed by atoms with van der Waals surface area (Å²) in [4.78, 5) is 0. The number of rotatable bonds is 3. The van der Waals surface area contributed by atoms with Crippen LogP contribution in [-0.4, -0.2) is 9.59 Å². The van der Waals surface area contributed by atoms with Crippen LogP contribution in [0, 0.1) is 0 Å². The van der Waals surface area contributed by atoms with Gasteiger partial charge in [0.2, 0.25) is 0 Å². The lowest BCUT2D eigenvalue weighted by molar-refractivity contribution is 0.999. The molecule has 2 aromatic rings. The van der Waals surface area contributed by atoms with Gasteiger partial charge in [0.1, 0.15) is 0 Å². The maximum Gasteiger partial charge on any atom is 0.0946 e. The molecule has 14 heavy (non-hydrogen) atoms. The second-order valence-corrected chi connectivity index (χ2v) is 4.29. The van der Waals surface area contributed by atoms with Crippen molar-refractivity contribution in [3.05, 3.63) is 39.8 Å². The molecule has 0 saturated carbocycles. The minimum absolute atomic E-state index is 0.715. The van der Waals surface area contributed by atoms with Crippen LogP contribution >= 0.6 is 27.5 Å². The van der Waals surface area contributed by atoms with E-state index >= 15 is 0 Å². The third-order valence-corrected chi connectivity index (χ3v) is 2.75. The van der Waals surface area contributed by atoms with E-state index in [4.69, 9.17) is 0 Å². The van der Waals surface area contributed by atoms with Crippen LogP contribution in [0.4, 0.5) is 5.69 Å². The first-order valence-electron chi connectivity index (χ1n) is 4.10. The topological polar surface area (TPSA) is 37.8 Å². The summed E-state index contributed by atoms with van der Waals surface area (Å²) < 4.78 is 4.86. The number of halogens is 1. The summed E-state index contributed by atoms with van der Waals surface area (Å²) in [6.45, 7) is 0.715. The molecule has 0 radical (unpaired) electrons. The van der Waals surface area contributed by atoms with Gasteiger partial charge in [-0.25, -0.2) is 0 Å². The zero-order chi connectivity index (χ0) is 9.80. The van der Waals surface area contributed by atoms with Crippen LogP contribution in [0.5, 0.6) is 0 Å². The van der Waals surface area contributed by atoms with Crippen molar-refractivity contribution >= 4 is 33.1 Å². The Hall–Kier alpha value is -0.940. The van der Waals surface area contributed by atoms with E-state index < -0.39 is 0 Å². The fraction of sp³-hybridized carbons (Fsp3) is 0.111. The van der Waals surface area contributed by atoms with Gasteiger partial charge in [0.25, 0.3) is 0 Å². The molecule has 0 bridgehead atoms. The summed E-state index contributed by atoms with van der Waals surface area (Å²) in [5.74, 6) is 0. The van der Waals surface area contributed by atoms with Gasteiger partial charge in [0.15, 0.2) is 0 Å². The monoisotopic (exact) mass is 269 g/mol. The molecular weight excluding hydrogens is 262 g/mol. The van der Waals surface area contributed by atoms with Crippen LogP contribution in [0.2, 0.25) is 0 Å². The minimum Gasteiger partial charge on any atom is -0.379 e. The van der Waals surface area contributed by atoms with E-state index in [2.05, 4.69) is 30.8 Å². The van der Waals surface area contributed by atoms with Gasteiger partial charge >= 0.3 is 0 Å². The lowest BCUT2D eigenvalue weighted by Crippen LogP contribution is -1.99. The van der Waals surface area contributed by atoms with Gasteiger partial charge < -0.3 is 5.32 Å². The van der Waals surface area contributed by atoms with Crippen LogP contribution in [-0.2, 0) is 6.54 Å². The Labute approximate surface area is 94.5 Å². The quantitative estimate of drug-likeness (QED) is 0.931. The van der Waals surface area contributed by atoms with Crippen LogP contribution < -0.4 is 5.32 Å². The molecule has 72 valence electrons. The minimum atomic E-state index is 0.715. The molecule has 1 aromatic carbocycles. The smallest absolute Gasteiger partial charge is 0.0946 e. The highest BCUT2D eigenvalue weighted by molar-refractivity contribution is 9.10. The first kappa shape index (κ1) is 9.61. The van der Waals surface area contributed by atoms with Crippen molar-refractivity contribution in [3.8, 4) is 0 Å². The maximum absolute atomic E-state index is 3.95. The second kappa shape index (κ2) is 4.52. The summed E-state index contributed by atoms with van der Waals surface area (Å²) in [7, 11) is 0. The zero-order valence-electron chi connectivity index (χ0n) is 7.27. The highest BCUT2D eigenvalue weighted by atomic mass is 79.9. The number of hydrogen-bond donors (Lipinski definition) is 1. The molecule has 0 fully saturated rings. The Morgan fingerprint density at radius 3 is 3.07 bits per heavy atom. The van der Waals surface area contributed by atoms with Crippen molar-refractivity contribution in [2.45, 2.75) is 6.54 Å². The molecular formula is C9H8BrN3S. The third kappa shape index (κ3) is 2.52. The average Bonchev–Trinajstić information content (AvgIpc) is 2.67. The Balaban J connectivity index is 1.98. The fourth-order valence-electron chi connectivity index (χ4n) is 1.05. The molecule has 0 aliphatic rings.